The maximum Gasteiger partial charge on any atom is 0.325 e. The van der Waals surface area contributed by atoms with E-state index in [1.807, 2.05) is 19.1 Å². The molecule has 0 atom stereocenters. The number of benzene rings is 1. The second-order valence-corrected chi connectivity index (χ2v) is 7.70. The first-order valence-electron chi connectivity index (χ1n) is 8.43. The van der Waals surface area contributed by atoms with Gasteiger partial charge in [-0.15, -0.1) is 10.2 Å². The summed E-state index contributed by atoms with van der Waals surface area (Å²) in [6.07, 6.45) is 6.22. The van der Waals surface area contributed by atoms with E-state index in [4.69, 9.17) is 11.6 Å². The first-order chi connectivity index (χ1) is 12.0. The Morgan fingerprint density at radius 1 is 1.24 bits per heavy atom. The van der Waals surface area contributed by atoms with Gasteiger partial charge in [0.05, 0.1) is 0 Å². The number of anilines is 3. The number of urea groups is 1. The summed E-state index contributed by atoms with van der Waals surface area (Å²) in [5.41, 5.74) is 1.60. The van der Waals surface area contributed by atoms with Crippen LogP contribution in [-0.4, -0.2) is 29.3 Å². The normalized spacial score (nSPS) is 15.0. The molecule has 1 aromatic carbocycles. The number of rotatable bonds is 4. The molecule has 0 bridgehead atoms. The Bertz CT molecular complexity index is 744. The van der Waals surface area contributed by atoms with E-state index in [0.717, 1.165) is 10.7 Å². The number of carbonyl (C=O) groups excluding carboxylic acids is 1. The zero-order valence-electron chi connectivity index (χ0n) is 14.4. The predicted molar refractivity (Wildman–Crippen MR) is 104 cm³/mol. The van der Waals surface area contributed by atoms with E-state index < -0.39 is 0 Å². The smallest absolute Gasteiger partial charge is 0.325 e. The van der Waals surface area contributed by atoms with Crippen molar-refractivity contribution in [3.05, 3.63) is 28.8 Å². The summed E-state index contributed by atoms with van der Waals surface area (Å²) in [5.74, 6) is 0. The molecule has 0 radical (unpaired) electrons. The summed E-state index contributed by atoms with van der Waals surface area (Å²) >= 11 is 7.46. The minimum absolute atomic E-state index is 0.358. The third-order valence-electron chi connectivity index (χ3n) is 4.49. The molecular weight excluding hydrogens is 358 g/mol. The number of halogens is 1. The Balaban J connectivity index is 1.58. The first kappa shape index (κ1) is 17.9. The van der Waals surface area contributed by atoms with Crippen molar-refractivity contribution in [3.63, 3.8) is 0 Å². The van der Waals surface area contributed by atoms with Crippen LogP contribution in [0.1, 0.15) is 37.7 Å². The monoisotopic (exact) mass is 379 g/mol. The Kier molecular flexibility index (Phi) is 5.75. The van der Waals surface area contributed by atoms with Gasteiger partial charge in [0.1, 0.15) is 0 Å². The molecule has 1 fully saturated rings. The molecule has 0 saturated heterocycles. The lowest BCUT2D eigenvalue weighted by Crippen LogP contribution is -2.33. The molecule has 6 nitrogen and oxygen atoms in total. The Morgan fingerprint density at radius 2 is 2.00 bits per heavy atom. The zero-order chi connectivity index (χ0) is 17.8. The van der Waals surface area contributed by atoms with Crippen LogP contribution in [0.25, 0.3) is 0 Å². The van der Waals surface area contributed by atoms with E-state index >= 15 is 0 Å². The van der Waals surface area contributed by atoms with Crippen LogP contribution in [0.2, 0.25) is 5.02 Å². The molecule has 0 aliphatic heterocycles. The zero-order valence-corrected chi connectivity index (χ0v) is 16.0. The van der Waals surface area contributed by atoms with Crippen molar-refractivity contribution >= 4 is 44.9 Å². The highest BCUT2D eigenvalue weighted by Gasteiger charge is 2.21. The molecule has 0 unspecified atom stereocenters. The van der Waals surface area contributed by atoms with Crippen LogP contribution in [0, 0.1) is 6.92 Å². The van der Waals surface area contributed by atoms with Crippen molar-refractivity contribution in [1.82, 2.24) is 10.2 Å². The van der Waals surface area contributed by atoms with Crippen LogP contribution in [-0.2, 0) is 0 Å². The number of nitrogens with one attached hydrogen (secondary N) is 2. The molecule has 3 rings (SSSR count). The van der Waals surface area contributed by atoms with Crippen molar-refractivity contribution in [3.8, 4) is 0 Å². The molecule has 2 N–H and O–H groups in total. The summed E-state index contributed by atoms with van der Waals surface area (Å²) in [7, 11) is 2.05. The van der Waals surface area contributed by atoms with E-state index in [0.29, 0.717) is 21.9 Å². The van der Waals surface area contributed by atoms with E-state index in [2.05, 4.69) is 32.8 Å². The van der Waals surface area contributed by atoms with Crippen LogP contribution in [0.4, 0.5) is 20.7 Å². The molecular formula is C17H22ClN5OS. The maximum absolute atomic E-state index is 12.1. The highest BCUT2D eigenvalue weighted by atomic mass is 35.5. The predicted octanol–water partition coefficient (Wildman–Crippen LogP) is 4.91. The fourth-order valence-electron chi connectivity index (χ4n) is 2.96. The number of nitrogens with zero attached hydrogens (tertiary/aromatic N) is 3. The molecule has 1 aliphatic carbocycles. The van der Waals surface area contributed by atoms with Gasteiger partial charge >= 0.3 is 6.03 Å². The Labute approximate surface area is 156 Å². The molecule has 1 saturated carbocycles. The van der Waals surface area contributed by atoms with Crippen molar-refractivity contribution in [2.75, 3.05) is 22.6 Å². The number of hydrogen-bond acceptors (Lipinski definition) is 5. The van der Waals surface area contributed by atoms with Crippen molar-refractivity contribution in [2.24, 2.45) is 0 Å². The molecule has 1 heterocycles. The Hall–Kier alpha value is -1.86. The second-order valence-electron chi connectivity index (χ2n) is 6.34. The molecule has 134 valence electrons. The number of carbonyl (C=O) groups is 1. The molecule has 25 heavy (non-hydrogen) atoms. The summed E-state index contributed by atoms with van der Waals surface area (Å²) in [6, 6.07) is 5.54. The topological polar surface area (TPSA) is 70.1 Å². The van der Waals surface area contributed by atoms with E-state index in [1.54, 1.807) is 6.07 Å². The molecule has 2 amide bonds. The molecule has 2 aromatic rings. The molecule has 0 spiro atoms. The van der Waals surface area contributed by atoms with Gasteiger partial charge in [0, 0.05) is 23.8 Å². The molecule has 1 aromatic heterocycles. The van der Waals surface area contributed by atoms with Gasteiger partial charge in [0.15, 0.2) is 0 Å². The van der Waals surface area contributed by atoms with Crippen molar-refractivity contribution < 1.29 is 4.79 Å². The number of aromatic nitrogens is 2. The van der Waals surface area contributed by atoms with Crippen LogP contribution < -0.4 is 15.5 Å². The number of aryl methyl sites for hydroxylation is 1. The lowest BCUT2D eigenvalue weighted by molar-refractivity contribution is 0.262. The average Bonchev–Trinajstić information content (AvgIpc) is 3.06. The number of hydrogen-bond donors (Lipinski definition) is 2. The lowest BCUT2D eigenvalue weighted by Gasteiger charge is -2.30. The largest absolute Gasteiger partial charge is 0.347 e. The van der Waals surface area contributed by atoms with Gasteiger partial charge in [-0.25, -0.2) is 4.79 Å². The van der Waals surface area contributed by atoms with E-state index in [-0.39, 0.29) is 6.03 Å². The minimum atomic E-state index is -0.358. The third-order valence-corrected chi connectivity index (χ3v) is 5.83. The van der Waals surface area contributed by atoms with Gasteiger partial charge in [0.25, 0.3) is 0 Å². The van der Waals surface area contributed by atoms with Gasteiger partial charge in [-0.3, -0.25) is 5.32 Å². The van der Waals surface area contributed by atoms with Crippen molar-refractivity contribution in [2.45, 2.75) is 45.1 Å². The SMILES string of the molecule is Cc1ccc(NC(=O)Nc2nnc(N(C)C3CCCCC3)s2)cc1Cl. The van der Waals surface area contributed by atoms with Crippen LogP contribution in [0.15, 0.2) is 18.2 Å². The van der Waals surface area contributed by atoms with Gasteiger partial charge < -0.3 is 10.2 Å². The molecule has 1 aliphatic rings. The minimum Gasteiger partial charge on any atom is -0.347 e. The first-order valence-corrected chi connectivity index (χ1v) is 9.63. The van der Waals surface area contributed by atoms with E-state index in [1.165, 1.54) is 43.4 Å². The summed E-state index contributed by atoms with van der Waals surface area (Å²) in [6.45, 7) is 1.91. The fourth-order valence-corrected chi connectivity index (χ4v) is 3.92. The fraction of sp³-hybridized carbons (Fsp3) is 0.471. The highest BCUT2D eigenvalue weighted by Crippen LogP contribution is 2.30. The lowest BCUT2D eigenvalue weighted by atomic mass is 9.95. The van der Waals surface area contributed by atoms with Gasteiger partial charge in [-0.1, -0.05) is 48.3 Å². The van der Waals surface area contributed by atoms with Gasteiger partial charge in [-0.05, 0) is 37.5 Å². The van der Waals surface area contributed by atoms with Crippen molar-refractivity contribution in [1.29, 1.82) is 0 Å². The van der Waals surface area contributed by atoms with Gasteiger partial charge in [0.2, 0.25) is 10.3 Å². The summed E-state index contributed by atoms with van der Waals surface area (Å²) in [4.78, 5) is 14.3. The van der Waals surface area contributed by atoms with Crippen LogP contribution in [0.5, 0.6) is 0 Å². The van der Waals surface area contributed by atoms with Crippen LogP contribution >= 0.6 is 22.9 Å². The average molecular weight is 380 g/mol. The molecule has 8 heteroatoms. The van der Waals surface area contributed by atoms with Crippen LogP contribution in [0.3, 0.4) is 0 Å². The second kappa shape index (κ2) is 8.01. The Morgan fingerprint density at radius 3 is 2.72 bits per heavy atom. The highest BCUT2D eigenvalue weighted by molar-refractivity contribution is 7.19. The van der Waals surface area contributed by atoms with Gasteiger partial charge in [-0.2, -0.15) is 0 Å². The number of amides is 2. The quantitative estimate of drug-likeness (QED) is 0.791. The summed E-state index contributed by atoms with van der Waals surface area (Å²) in [5, 5.41) is 15.7. The maximum atomic E-state index is 12.1. The standard InChI is InChI=1S/C17H22ClN5OS/c1-11-8-9-12(10-14(11)18)19-15(24)20-16-21-22-17(25-16)23(2)13-6-4-3-5-7-13/h8-10,13H,3-7H2,1-2H3,(H2,19,20,21,24). The summed E-state index contributed by atoms with van der Waals surface area (Å²) < 4.78 is 0. The third kappa shape index (κ3) is 4.61. The van der Waals surface area contributed by atoms with E-state index in [9.17, 15) is 4.79 Å².